The highest BCUT2D eigenvalue weighted by atomic mass is 16.5. The number of ether oxygens (including phenoxy) is 2. The van der Waals surface area contributed by atoms with Crippen LogP contribution in [-0.2, 0) is 9.47 Å². The van der Waals surface area contributed by atoms with Crippen LogP contribution in [0.4, 0.5) is 0 Å². The van der Waals surface area contributed by atoms with Gasteiger partial charge in [0.15, 0.2) is 0 Å². The van der Waals surface area contributed by atoms with Gasteiger partial charge in [-0.25, -0.2) is 0 Å². The highest BCUT2D eigenvalue weighted by Gasteiger charge is 2.21. The third kappa shape index (κ3) is 6.61. The van der Waals surface area contributed by atoms with E-state index >= 15 is 0 Å². The summed E-state index contributed by atoms with van der Waals surface area (Å²) in [7, 11) is 0. The molecule has 0 saturated carbocycles. The van der Waals surface area contributed by atoms with E-state index in [1.54, 1.807) is 0 Å². The molecular weight excluding hydrogens is 268 g/mol. The maximum absolute atomic E-state index is 10.4. The zero-order valence-corrected chi connectivity index (χ0v) is 13.5. The number of β-amino-alcohol motifs (C(OH)–C–C–N with tert-alkyl or cyclic N) is 1. The molecule has 2 unspecified atom stereocenters. The van der Waals surface area contributed by atoms with Crippen LogP contribution in [0.15, 0.2) is 0 Å². The third-order valence-corrected chi connectivity index (χ3v) is 4.32. The molecule has 0 aromatic carbocycles. The first-order chi connectivity index (χ1) is 10.3. The predicted octanol–water partition coefficient (Wildman–Crippen LogP) is 0.961. The van der Waals surface area contributed by atoms with E-state index in [1.165, 1.54) is 19.3 Å². The van der Waals surface area contributed by atoms with Gasteiger partial charge in [0, 0.05) is 39.3 Å². The van der Waals surface area contributed by atoms with Crippen LogP contribution >= 0.6 is 0 Å². The molecule has 0 spiro atoms. The number of aliphatic hydroxyl groups excluding tert-OH is 1. The summed E-state index contributed by atoms with van der Waals surface area (Å²) >= 11 is 0. The van der Waals surface area contributed by atoms with Crippen molar-refractivity contribution in [1.29, 1.82) is 0 Å². The van der Waals surface area contributed by atoms with Gasteiger partial charge < -0.3 is 14.6 Å². The van der Waals surface area contributed by atoms with Gasteiger partial charge in [0.2, 0.25) is 0 Å². The van der Waals surface area contributed by atoms with Crippen LogP contribution in [-0.4, -0.2) is 86.2 Å². The van der Waals surface area contributed by atoms with Crippen molar-refractivity contribution in [2.75, 3.05) is 59.1 Å². The topological polar surface area (TPSA) is 45.2 Å². The molecule has 0 aromatic rings. The first-order valence-electron chi connectivity index (χ1n) is 8.60. The molecule has 0 aliphatic carbocycles. The van der Waals surface area contributed by atoms with Crippen molar-refractivity contribution in [3.63, 3.8) is 0 Å². The molecule has 2 atom stereocenters. The zero-order chi connectivity index (χ0) is 14.9. The summed E-state index contributed by atoms with van der Waals surface area (Å²) in [5, 5.41) is 10.4. The summed E-state index contributed by atoms with van der Waals surface area (Å²) in [4.78, 5) is 4.68. The normalized spacial score (nSPS) is 26.1. The Morgan fingerprint density at radius 3 is 2.71 bits per heavy atom. The lowest BCUT2D eigenvalue weighted by Gasteiger charge is -2.33. The second kappa shape index (κ2) is 9.74. The van der Waals surface area contributed by atoms with E-state index in [0.717, 1.165) is 65.5 Å². The molecule has 0 radical (unpaired) electrons. The van der Waals surface area contributed by atoms with Crippen molar-refractivity contribution in [1.82, 2.24) is 9.80 Å². The average molecular weight is 300 g/mol. The fourth-order valence-electron chi connectivity index (χ4n) is 3.25. The van der Waals surface area contributed by atoms with Gasteiger partial charge in [0.25, 0.3) is 0 Å². The largest absolute Gasteiger partial charge is 0.390 e. The number of hydrogen-bond donors (Lipinski definition) is 1. The minimum atomic E-state index is -0.279. The first-order valence-corrected chi connectivity index (χ1v) is 8.60. The summed E-state index contributed by atoms with van der Waals surface area (Å²) in [5.74, 6) is 0. The summed E-state index contributed by atoms with van der Waals surface area (Å²) in [6.07, 6.45) is 4.85. The monoisotopic (exact) mass is 300 g/mol. The molecule has 21 heavy (non-hydrogen) atoms. The van der Waals surface area contributed by atoms with Crippen molar-refractivity contribution in [3.05, 3.63) is 0 Å². The second-order valence-electron chi connectivity index (χ2n) is 6.31. The van der Waals surface area contributed by atoms with Gasteiger partial charge in [-0.3, -0.25) is 9.80 Å². The quantitative estimate of drug-likeness (QED) is 0.723. The van der Waals surface area contributed by atoms with Crippen LogP contribution in [0.5, 0.6) is 0 Å². The van der Waals surface area contributed by atoms with Crippen LogP contribution < -0.4 is 0 Å². The van der Waals surface area contributed by atoms with Gasteiger partial charge in [-0.1, -0.05) is 6.92 Å². The van der Waals surface area contributed by atoms with Gasteiger partial charge in [0.05, 0.1) is 25.4 Å². The molecule has 5 nitrogen and oxygen atoms in total. The fraction of sp³-hybridized carbons (Fsp3) is 1.00. The van der Waals surface area contributed by atoms with Crippen molar-refractivity contribution in [3.8, 4) is 0 Å². The third-order valence-electron chi connectivity index (χ3n) is 4.32. The summed E-state index contributed by atoms with van der Waals surface area (Å²) < 4.78 is 11.2. The Morgan fingerprint density at radius 2 is 2.05 bits per heavy atom. The number of hydrogen-bond acceptors (Lipinski definition) is 5. The van der Waals surface area contributed by atoms with E-state index in [-0.39, 0.29) is 6.10 Å². The van der Waals surface area contributed by atoms with Gasteiger partial charge in [0.1, 0.15) is 0 Å². The van der Waals surface area contributed by atoms with Crippen LogP contribution in [0.2, 0.25) is 0 Å². The Morgan fingerprint density at radius 1 is 1.24 bits per heavy atom. The Kier molecular flexibility index (Phi) is 7.96. The maximum atomic E-state index is 10.4. The van der Waals surface area contributed by atoms with Gasteiger partial charge >= 0.3 is 0 Å². The summed E-state index contributed by atoms with van der Waals surface area (Å²) in [6, 6.07) is 0. The van der Waals surface area contributed by atoms with Crippen LogP contribution in [0, 0.1) is 0 Å². The molecule has 2 aliphatic heterocycles. The number of morpholine rings is 1. The molecule has 0 aromatic heterocycles. The molecule has 124 valence electrons. The van der Waals surface area contributed by atoms with E-state index in [0.29, 0.717) is 6.10 Å². The number of aliphatic hydroxyl groups is 1. The SMILES string of the molecule is CCCN(CC(O)CN1CCOCC1)CC1CCCCO1. The highest BCUT2D eigenvalue weighted by Crippen LogP contribution is 2.14. The summed E-state index contributed by atoms with van der Waals surface area (Å²) in [6.45, 7) is 10.1. The second-order valence-corrected chi connectivity index (χ2v) is 6.31. The van der Waals surface area contributed by atoms with Crippen molar-refractivity contribution in [2.24, 2.45) is 0 Å². The molecule has 0 amide bonds. The molecule has 0 bridgehead atoms. The first kappa shape index (κ1) is 17.2. The molecule has 1 N–H and O–H groups in total. The minimum Gasteiger partial charge on any atom is -0.390 e. The van der Waals surface area contributed by atoms with E-state index in [9.17, 15) is 5.11 Å². The Labute approximate surface area is 129 Å². The van der Waals surface area contributed by atoms with Crippen LogP contribution in [0.3, 0.4) is 0 Å². The lowest BCUT2D eigenvalue weighted by atomic mass is 10.1. The molecule has 2 rings (SSSR count). The Hall–Kier alpha value is -0.200. The van der Waals surface area contributed by atoms with E-state index in [1.807, 2.05) is 0 Å². The molecular formula is C16H32N2O3. The van der Waals surface area contributed by atoms with E-state index in [2.05, 4.69) is 16.7 Å². The van der Waals surface area contributed by atoms with Crippen molar-refractivity contribution < 1.29 is 14.6 Å². The molecule has 2 saturated heterocycles. The van der Waals surface area contributed by atoms with Gasteiger partial charge in [-0.15, -0.1) is 0 Å². The highest BCUT2D eigenvalue weighted by molar-refractivity contribution is 4.74. The number of nitrogens with zero attached hydrogens (tertiary/aromatic N) is 2. The van der Waals surface area contributed by atoms with Crippen molar-refractivity contribution >= 4 is 0 Å². The zero-order valence-electron chi connectivity index (χ0n) is 13.5. The summed E-state index contributed by atoms with van der Waals surface area (Å²) in [5.41, 5.74) is 0. The number of rotatable bonds is 8. The lowest BCUT2D eigenvalue weighted by molar-refractivity contribution is -0.0216. The van der Waals surface area contributed by atoms with Crippen molar-refractivity contribution in [2.45, 2.75) is 44.8 Å². The minimum absolute atomic E-state index is 0.279. The van der Waals surface area contributed by atoms with E-state index < -0.39 is 0 Å². The molecule has 2 aliphatic rings. The lowest BCUT2D eigenvalue weighted by Crippen LogP contribution is -2.46. The van der Waals surface area contributed by atoms with E-state index in [4.69, 9.17) is 9.47 Å². The van der Waals surface area contributed by atoms with Crippen LogP contribution in [0.25, 0.3) is 0 Å². The predicted molar refractivity (Wildman–Crippen MR) is 83.6 cm³/mol. The van der Waals surface area contributed by atoms with Gasteiger partial charge in [-0.05, 0) is 32.2 Å². The Balaban J connectivity index is 1.71. The average Bonchev–Trinajstić information content (AvgIpc) is 2.49. The Bertz CT molecular complexity index is 266. The maximum Gasteiger partial charge on any atom is 0.0793 e. The fourth-order valence-corrected chi connectivity index (χ4v) is 3.25. The van der Waals surface area contributed by atoms with Gasteiger partial charge in [-0.2, -0.15) is 0 Å². The molecule has 2 heterocycles. The standard InChI is InChI=1S/C16H32N2O3/c1-2-6-18(14-16-5-3-4-9-21-16)13-15(19)12-17-7-10-20-11-8-17/h15-16,19H,2-14H2,1H3. The van der Waals surface area contributed by atoms with Crippen LogP contribution in [0.1, 0.15) is 32.6 Å². The molecule has 2 fully saturated rings. The smallest absolute Gasteiger partial charge is 0.0793 e. The molecule has 5 heteroatoms.